The number of benzene rings is 1. The smallest absolute Gasteiger partial charge is 0.254 e. The van der Waals surface area contributed by atoms with Crippen molar-refractivity contribution in [2.24, 2.45) is 5.92 Å². The molecule has 1 aromatic rings. The third-order valence-electron chi connectivity index (χ3n) is 4.06. The largest absolute Gasteiger partial charge is 0.508 e. The molecular formula is C15H19BrFNO2. The van der Waals surface area contributed by atoms with E-state index >= 15 is 0 Å². The Balaban J connectivity index is 2.13. The van der Waals surface area contributed by atoms with Gasteiger partial charge in [0.1, 0.15) is 11.6 Å². The number of hydrogen-bond donors (Lipinski definition) is 2. The molecule has 1 aromatic carbocycles. The van der Waals surface area contributed by atoms with Gasteiger partial charge in [-0.3, -0.25) is 4.79 Å². The first-order valence-electron chi connectivity index (χ1n) is 6.83. The number of halogens is 2. The number of alkyl halides is 1. The summed E-state index contributed by atoms with van der Waals surface area (Å²) in [7, 11) is 0. The maximum Gasteiger partial charge on any atom is 0.254 e. The molecule has 0 aromatic heterocycles. The molecule has 5 heteroatoms. The average molecular weight is 344 g/mol. The van der Waals surface area contributed by atoms with Crippen molar-refractivity contribution < 1.29 is 14.3 Å². The molecule has 1 fully saturated rings. The van der Waals surface area contributed by atoms with Crippen LogP contribution in [0.5, 0.6) is 5.75 Å². The summed E-state index contributed by atoms with van der Waals surface area (Å²) < 4.78 is 13.7. The molecule has 0 unspecified atom stereocenters. The second kappa shape index (κ2) is 6.12. The van der Waals surface area contributed by atoms with E-state index in [1.54, 1.807) is 0 Å². The molecule has 0 spiro atoms. The van der Waals surface area contributed by atoms with Gasteiger partial charge in [-0.05, 0) is 43.7 Å². The molecule has 0 saturated heterocycles. The number of phenolic OH excluding ortho intramolecular Hbond substituents is 1. The van der Waals surface area contributed by atoms with E-state index in [1.807, 2.05) is 0 Å². The molecule has 1 aliphatic rings. The van der Waals surface area contributed by atoms with Crippen LogP contribution < -0.4 is 5.32 Å². The molecule has 20 heavy (non-hydrogen) atoms. The second-order valence-electron chi connectivity index (χ2n) is 5.71. The van der Waals surface area contributed by atoms with Gasteiger partial charge in [-0.15, -0.1) is 0 Å². The summed E-state index contributed by atoms with van der Waals surface area (Å²) in [6, 6.07) is 3.59. The lowest BCUT2D eigenvalue weighted by atomic mass is 9.78. The first-order chi connectivity index (χ1) is 9.46. The number of aromatic hydroxyl groups is 1. The van der Waals surface area contributed by atoms with Crippen LogP contribution in [-0.4, -0.2) is 21.9 Å². The van der Waals surface area contributed by atoms with Crippen molar-refractivity contribution in [2.45, 2.75) is 38.1 Å². The van der Waals surface area contributed by atoms with Crippen LogP contribution in [-0.2, 0) is 0 Å². The minimum absolute atomic E-state index is 0.0262. The standard InChI is InChI=1S/C15H19BrFNO2/c1-10-4-6-15(9-16,7-5-10)18-14(20)12-3-2-11(19)8-13(12)17/h2-3,8,10,19H,4-7,9H2,1H3,(H,18,20). The van der Waals surface area contributed by atoms with Crippen molar-refractivity contribution in [2.75, 3.05) is 5.33 Å². The number of amides is 1. The SMILES string of the molecule is CC1CCC(CBr)(NC(=O)c2ccc(O)cc2F)CC1. The molecule has 2 N–H and O–H groups in total. The van der Waals surface area contributed by atoms with Crippen LogP contribution in [0.1, 0.15) is 43.0 Å². The minimum atomic E-state index is -0.698. The van der Waals surface area contributed by atoms with Gasteiger partial charge in [0.2, 0.25) is 0 Å². The number of rotatable bonds is 3. The molecule has 3 nitrogen and oxygen atoms in total. The quantitative estimate of drug-likeness (QED) is 0.823. The lowest BCUT2D eigenvalue weighted by Crippen LogP contribution is -2.52. The minimum Gasteiger partial charge on any atom is -0.508 e. The molecule has 1 amide bonds. The van der Waals surface area contributed by atoms with E-state index in [0.29, 0.717) is 11.2 Å². The Bertz CT molecular complexity index is 499. The molecule has 1 aliphatic carbocycles. The first-order valence-corrected chi connectivity index (χ1v) is 7.95. The summed E-state index contributed by atoms with van der Waals surface area (Å²) in [5.41, 5.74) is -0.324. The summed E-state index contributed by atoms with van der Waals surface area (Å²) >= 11 is 3.47. The van der Waals surface area contributed by atoms with Crippen LogP contribution in [0.4, 0.5) is 4.39 Å². The molecule has 0 radical (unpaired) electrons. The van der Waals surface area contributed by atoms with Crippen molar-refractivity contribution >= 4 is 21.8 Å². The van der Waals surface area contributed by atoms with Crippen molar-refractivity contribution in [1.82, 2.24) is 5.32 Å². The topological polar surface area (TPSA) is 49.3 Å². The zero-order valence-electron chi connectivity index (χ0n) is 11.5. The fraction of sp³-hybridized carbons (Fsp3) is 0.533. The van der Waals surface area contributed by atoms with E-state index in [4.69, 9.17) is 0 Å². The highest BCUT2D eigenvalue weighted by Gasteiger charge is 2.35. The summed E-state index contributed by atoms with van der Waals surface area (Å²) in [5, 5.41) is 12.8. The number of carbonyl (C=O) groups excluding carboxylic acids is 1. The van der Waals surface area contributed by atoms with E-state index in [0.717, 1.165) is 31.7 Å². The third kappa shape index (κ3) is 3.32. The Kier molecular flexibility index (Phi) is 4.68. The van der Waals surface area contributed by atoms with Crippen molar-refractivity contribution in [3.05, 3.63) is 29.6 Å². The van der Waals surface area contributed by atoms with Gasteiger partial charge in [-0.25, -0.2) is 4.39 Å². The van der Waals surface area contributed by atoms with Crippen LogP contribution in [0, 0.1) is 11.7 Å². The van der Waals surface area contributed by atoms with E-state index in [2.05, 4.69) is 28.2 Å². The number of phenols is 1. The van der Waals surface area contributed by atoms with Crippen LogP contribution in [0.2, 0.25) is 0 Å². The van der Waals surface area contributed by atoms with Crippen molar-refractivity contribution in [1.29, 1.82) is 0 Å². The van der Waals surface area contributed by atoms with Crippen LogP contribution in [0.3, 0.4) is 0 Å². The molecule has 0 bridgehead atoms. The van der Waals surface area contributed by atoms with Gasteiger partial charge in [0.25, 0.3) is 5.91 Å². The Morgan fingerprint density at radius 2 is 2.15 bits per heavy atom. The van der Waals surface area contributed by atoms with Crippen molar-refractivity contribution in [3.8, 4) is 5.75 Å². The predicted octanol–water partition coefficient (Wildman–Crippen LogP) is 3.60. The van der Waals surface area contributed by atoms with Gasteiger partial charge < -0.3 is 10.4 Å². The summed E-state index contributed by atoms with van der Waals surface area (Å²) in [5.74, 6) is -0.627. The van der Waals surface area contributed by atoms with Gasteiger partial charge in [-0.2, -0.15) is 0 Å². The lowest BCUT2D eigenvalue weighted by Gasteiger charge is -2.39. The molecule has 2 rings (SSSR count). The van der Waals surface area contributed by atoms with E-state index in [-0.39, 0.29) is 16.9 Å². The Hall–Kier alpha value is -1.10. The monoisotopic (exact) mass is 343 g/mol. The van der Waals surface area contributed by atoms with Gasteiger partial charge >= 0.3 is 0 Å². The highest BCUT2D eigenvalue weighted by atomic mass is 79.9. The fourth-order valence-electron chi connectivity index (χ4n) is 2.60. The van der Waals surface area contributed by atoms with Gasteiger partial charge in [0.05, 0.1) is 11.1 Å². The number of hydrogen-bond acceptors (Lipinski definition) is 2. The zero-order chi connectivity index (χ0) is 14.8. The highest BCUT2D eigenvalue weighted by Crippen LogP contribution is 2.33. The number of carbonyl (C=O) groups is 1. The summed E-state index contributed by atoms with van der Waals surface area (Å²) in [4.78, 5) is 12.2. The first kappa shape index (κ1) is 15.3. The molecular weight excluding hydrogens is 325 g/mol. The molecule has 0 heterocycles. The normalized spacial score (nSPS) is 26.2. The summed E-state index contributed by atoms with van der Waals surface area (Å²) in [6.07, 6.45) is 3.91. The highest BCUT2D eigenvalue weighted by molar-refractivity contribution is 9.09. The maximum absolute atomic E-state index is 13.7. The molecule has 1 saturated carbocycles. The molecule has 0 atom stereocenters. The van der Waals surface area contributed by atoms with Crippen molar-refractivity contribution in [3.63, 3.8) is 0 Å². The van der Waals surface area contributed by atoms with Gasteiger partial charge in [0, 0.05) is 11.4 Å². The fourth-order valence-corrected chi connectivity index (χ4v) is 3.30. The molecule has 110 valence electrons. The molecule has 0 aliphatic heterocycles. The Morgan fingerprint density at radius 1 is 1.50 bits per heavy atom. The van der Waals surface area contributed by atoms with E-state index in [9.17, 15) is 14.3 Å². The van der Waals surface area contributed by atoms with Crippen LogP contribution >= 0.6 is 15.9 Å². The zero-order valence-corrected chi connectivity index (χ0v) is 13.0. The maximum atomic E-state index is 13.7. The predicted molar refractivity (Wildman–Crippen MR) is 79.7 cm³/mol. The Labute approximate surface area is 126 Å². The van der Waals surface area contributed by atoms with E-state index < -0.39 is 11.7 Å². The third-order valence-corrected chi connectivity index (χ3v) is 5.14. The lowest BCUT2D eigenvalue weighted by molar-refractivity contribution is 0.0870. The van der Waals surface area contributed by atoms with Gasteiger partial charge in [-0.1, -0.05) is 22.9 Å². The summed E-state index contributed by atoms with van der Waals surface area (Å²) in [6.45, 7) is 2.21. The average Bonchev–Trinajstić information content (AvgIpc) is 2.41. The van der Waals surface area contributed by atoms with Gasteiger partial charge in [0.15, 0.2) is 0 Å². The van der Waals surface area contributed by atoms with Crippen LogP contribution in [0.15, 0.2) is 18.2 Å². The Morgan fingerprint density at radius 3 is 2.70 bits per heavy atom. The van der Waals surface area contributed by atoms with E-state index in [1.165, 1.54) is 12.1 Å². The second-order valence-corrected chi connectivity index (χ2v) is 6.28. The number of nitrogens with one attached hydrogen (secondary N) is 1. The van der Waals surface area contributed by atoms with Crippen LogP contribution in [0.25, 0.3) is 0 Å².